The van der Waals surface area contributed by atoms with Crippen molar-refractivity contribution in [2.24, 2.45) is 0 Å². The highest BCUT2D eigenvalue weighted by molar-refractivity contribution is 7.09. The van der Waals surface area contributed by atoms with Crippen LogP contribution in [0.2, 0.25) is 0 Å². The number of carbonyl (C=O) groups excluding carboxylic acids is 1. The van der Waals surface area contributed by atoms with E-state index in [9.17, 15) is 14.7 Å². The van der Waals surface area contributed by atoms with E-state index in [1.54, 1.807) is 22.2 Å². The van der Waals surface area contributed by atoms with Crippen LogP contribution in [0.4, 0.5) is 0 Å². The second kappa shape index (κ2) is 6.27. The van der Waals surface area contributed by atoms with Crippen molar-refractivity contribution in [3.05, 3.63) is 34.3 Å². The number of likely N-dealkylation sites (tertiary alicyclic amines) is 1. The third-order valence-corrected chi connectivity index (χ3v) is 4.57. The lowest BCUT2D eigenvalue weighted by Gasteiger charge is -2.32. The summed E-state index contributed by atoms with van der Waals surface area (Å²) in [4.78, 5) is 26.3. The second-order valence-corrected chi connectivity index (χ2v) is 6.26. The monoisotopic (exact) mass is 320 g/mol. The van der Waals surface area contributed by atoms with Crippen LogP contribution >= 0.6 is 11.3 Å². The molecule has 1 fully saturated rings. The molecule has 3 rings (SSSR count). The Morgan fingerprint density at radius 2 is 2.27 bits per heavy atom. The molecule has 0 spiro atoms. The molecule has 2 aromatic rings. The molecule has 1 aliphatic rings. The summed E-state index contributed by atoms with van der Waals surface area (Å²) in [6.07, 6.45) is 3.71. The van der Waals surface area contributed by atoms with Gasteiger partial charge in [0, 0.05) is 11.4 Å². The van der Waals surface area contributed by atoms with Crippen LogP contribution in [0.3, 0.4) is 0 Å². The zero-order valence-electron chi connectivity index (χ0n) is 11.9. The van der Waals surface area contributed by atoms with E-state index in [0.717, 1.165) is 17.7 Å². The first kappa shape index (κ1) is 14.7. The zero-order valence-corrected chi connectivity index (χ0v) is 12.7. The highest BCUT2D eigenvalue weighted by Crippen LogP contribution is 2.19. The van der Waals surface area contributed by atoms with Crippen molar-refractivity contribution in [1.82, 2.24) is 19.9 Å². The molecule has 0 aliphatic carbocycles. The lowest BCUT2D eigenvalue weighted by molar-refractivity contribution is -0.143. The molecule has 2 aromatic heterocycles. The van der Waals surface area contributed by atoms with E-state index in [-0.39, 0.29) is 11.6 Å². The maximum Gasteiger partial charge on any atom is 0.326 e. The molecule has 3 heterocycles. The largest absolute Gasteiger partial charge is 0.480 e. The number of aromatic nitrogens is 3. The van der Waals surface area contributed by atoms with Crippen LogP contribution in [0.25, 0.3) is 0 Å². The standard InChI is InChI=1S/C14H16N4O3S/c19-13(18-6-2-1-5-12(18)14(20)21)11-9-17(16-15-11)8-10-4-3-7-22-10/h3-4,7,9,12H,1-2,5-6,8H2,(H,20,21)/t12-/m1/s1. The number of hydrogen-bond acceptors (Lipinski definition) is 5. The summed E-state index contributed by atoms with van der Waals surface area (Å²) in [6.45, 7) is 1.01. The lowest BCUT2D eigenvalue weighted by Crippen LogP contribution is -2.48. The minimum absolute atomic E-state index is 0.199. The Morgan fingerprint density at radius 1 is 1.41 bits per heavy atom. The average Bonchev–Trinajstić information content (AvgIpc) is 3.19. The molecule has 0 bridgehead atoms. The molecule has 116 valence electrons. The van der Waals surface area contributed by atoms with Gasteiger partial charge in [0.05, 0.1) is 12.7 Å². The van der Waals surface area contributed by atoms with Gasteiger partial charge in [0.1, 0.15) is 6.04 Å². The topological polar surface area (TPSA) is 88.3 Å². The summed E-state index contributed by atoms with van der Waals surface area (Å²) in [7, 11) is 0. The minimum atomic E-state index is -0.959. The van der Waals surface area contributed by atoms with E-state index in [0.29, 0.717) is 19.5 Å². The second-order valence-electron chi connectivity index (χ2n) is 5.23. The molecule has 1 N–H and O–H groups in total. The molecule has 7 nitrogen and oxygen atoms in total. The highest BCUT2D eigenvalue weighted by atomic mass is 32.1. The zero-order chi connectivity index (χ0) is 15.5. The number of piperidine rings is 1. The Kier molecular flexibility index (Phi) is 4.19. The average molecular weight is 320 g/mol. The van der Waals surface area contributed by atoms with Crippen molar-refractivity contribution < 1.29 is 14.7 Å². The van der Waals surface area contributed by atoms with Gasteiger partial charge < -0.3 is 10.0 Å². The maximum atomic E-state index is 12.5. The summed E-state index contributed by atoms with van der Waals surface area (Å²) >= 11 is 1.61. The fraction of sp³-hybridized carbons (Fsp3) is 0.429. The number of carboxylic acids is 1. The van der Waals surface area contributed by atoms with Gasteiger partial charge in [-0.25, -0.2) is 9.48 Å². The van der Waals surface area contributed by atoms with Gasteiger partial charge in [-0.15, -0.1) is 16.4 Å². The molecular weight excluding hydrogens is 304 g/mol. The van der Waals surface area contributed by atoms with Crippen LogP contribution in [0.15, 0.2) is 23.7 Å². The summed E-state index contributed by atoms with van der Waals surface area (Å²) in [5.74, 6) is -1.32. The van der Waals surface area contributed by atoms with Crippen LogP contribution in [0, 0.1) is 0 Å². The van der Waals surface area contributed by atoms with Crippen molar-refractivity contribution in [3.63, 3.8) is 0 Å². The number of aliphatic carboxylic acids is 1. The van der Waals surface area contributed by atoms with Gasteiger partial charge >= 0.3 is 5.97 Å². The van der Waals surface area contributed by atoms with Crippen molar-refractivity contribution in [2.45, 2.75) is 31.8 Å². The Labute approximate surface area is 131 Å². The molecule has 22 heavy (non-hydrogen) atoms. The normalized spacial score (nSPS) is 18.4. The number of nitrogens with zero attached hydrogens (tertiary/aromatic N) is 4. The minimum Gasteiger partial charge on any atom is -0.480 e. The van der Waals surface area contributed by atoms with Crippen LogP contribution in [-0.4, -0.2) is 49.5 Å². The van der Waals surface area contributed by atoms with Gasteiger partial charge in [-0.1, -0.05) is 11.3 Å². The van der Waals surface area contributed by atoms with Crippen LogP contribution in [-0.2, 0) is 11.3 Å². The fourth-order valence-corrected chi connectivity index (χ4v) is 3.31. The van der Waals surface area contributed by atoms with Crippen molar-refractivity contribution >= 4 is 23.2 Å². The van der Waals surface area contributed by atoms with Gasteiger partial charge in [-0.3, -0.25) is 4.79 Å². The molecule has 0 saturated carbocycles. The first-order chi connectivity index (χ1) is 10.6. The first-order valence-corrected chi connectivity index (χ1v) is 7.99. The van der Waals surface area contributed by atoms with Crippen molar-refractivity contribution in [1.29, 1.82) is 0 Å². The quantitative estimate of drug-likeness (QED) is 0.921. The molecule has 0 aromatic carbocycles. The number of hydrogen-bond donors (Lipinski definition) is 1. The van der Waals surface area contributed by atoms with Crippen LogP contribution in [0.5, 0.6) is 0 Å². The Hall–Kier alpha value is -2.22. The molecule has 0 unspecified atom stereocenters. The fourth-order valence-electron chi connectivity index (χ4n) is 2.61. The van der Waals surface area contributed by atoms with E-state index < -0.39 is 12.0 Å². The van der Waals surface area contributed by atoms with Crippen molar-refractivity contribution in [3.8, 4) is 0 Å². The Bertz CT molecular complexity index is 667. The van der Waals surface area contributed by atoms with Crippen molar-refractivity contribution in [2.75, 3.05) is 6.54 Å². The molecule has 8 heteroatoms. The number of rotatable bonds is 4. The van der Waals surface area contributed by atoms with Gasteiger partial charge in [-0.2, -0.15) is 0 Å². The molecule has 1 aliphatic heterocycles. The summed E-state index contributed by atoms with van der Waals surface area (Å²) in [6, 6.07) is 3.18. The molecular formula is C14H16N4O3S. The van der Waals surface area contributed by atoms with Gasteiger partial charge in [0.25, 0.3) is 5.91 Å². The van der Waals surface area contributed by atoms with E-state index in [1.165, 1.54) is 4.90 Å². The van der Waals surface area contributed by atoms with Crippen LogP contribution in [0.1, 0.15) is 34.6 Å². The molecule has 1 atom stereocenters. The predicted molar refractivity (Wildman–Crippen MR) is 79.8 cm³/mol. The summed E-state index contributed by atoms with van der Waals surface area (Å²) < 4.78 is 1.60. The maximum absolute atomic E-state index is 12.5. The van der Waals surface area contributed by atoms with Gasteiger partial charge in [0.2, 0.25) is 0 Å². The number of thiophene rings is 1. The first-order valence-electron chi connectivity index (χ1n) is 7.11. The van der Waals surface area contributed by atoms with E-state index >= 15 is 0 Å². The lowest BCUT2D eigenvalue weighted by atomic mass is 10.0. The highest BCUT2D eigenvalue weighted by Gasteiger charge is 2.33. The third kappa shape index (κ3) is 3.01. The van der Waals surface area contributed by atoms with E-state index in [4.69, 9.17) is 0 Å². The Morgan fingerprint density at radius 3 is 3.00 bits per heavy atom. The van der Waals surface area contributed by atoms with E-state index in [2.05, 4.69) is 10.3 Å². The summed E-state index contributed by atoms with van der Waals surface area (Å²) in [5, 5.41) is 19.1. The van der Waals surface area contributed by atoms with Crippen LogP contribution < -0.4 is 0 Å². The van der Waals surface area contributed by atoms with E-state index in [1.807, 2.05) is 17.5 Å². The number of amides is 1. The predicted octanol–water partition coefficient (Wildman–Crippen LogP) is 1.47. The Balaban J connectivity index is 1.74. The van der Waals surface area contributed by atoms with Gasteiger partial charge in [0.15, 0.2) is 5.69 Å². The molecule has 1 saturated heterocycles. The number of carboxylic acid groups (broad SMARTS) is 1. The third-order valence-electron chi connectivity index (χ3n) is 3.70. The molecule has 0 radical (unpaired) electrons. The SMILES string of the molecule is O=C(O)[C@H]1CCCCN1C(=O)c1cn(Cc2cccs2)nn1. The summed E-state index contributed by atoms with van der Waals surface area (Å²) in [5.41, 5.74) is 0.199. The van der Waals surface area contributed by atoms with Gasteiger partial charge in [-0.05, 0) is 30.7 Å². The smallest absolute Gasteiger partial charge is 0.326 e. The molecule has 1 amide bonds. The number of carbonyl (C=O) groups is 2.